The Kier molecular flexibility index (Phi) is 10.7. The minimum absolute atomic E-state index is 0.104. The van der Waals surface area contributed by atoms with Crippen LogP contribution < -0.4 is 10.2 Å². The van der Waals surface area contributed by atoms with Crippen molar-refractivity contribution < 1.29 is 24.2 Å². The monoisotopic (exact) mass is 917 g/mol. The summed E-state index contributed by atoms with van der Waals surface area (Å²) in [5.41, 5.74) is 8.57. The van der Waals surface area contributed by atoms with E-state index in [0.29, 0.717) is 32.0 Å². The van der Waals surface area contributed by atoms with Gasteiger partial charge in [-0.2, -0.15) is 0 Å². The maximum absolute atomic E-state index is 14.4. The summed E-state index contributed by atoms with van der Waals surface area (Å²) in [7, 11) is 4.26. The molecular formula is C50H60BrN7O5. The van der Waals surface area contributed by atoms with Gasteiger partial charge in [-0.25, -0.2) is 0 Å². The summed E-state index contributed by atoms with van der Waals surface area (Å²) in [5, 5.41) is 16.3. The van der Waals surface area contributed by atoms with Crippen LogP contribution in [0.2, 0.25) is 0 Å². The number of hydrogen-bond acceptors (Lipinski definition) is 8. The number of carbonyl (C=O) groups excluding carboxylic acids is 3. The van der Waals surface area contributed by atoms with E-state index in [-0.39, 0.29) is 23.8 Å². The predicted molar refractivity (Wildman–Crippen MR) is 247 cm³/mol. The zero-order chi connectivity index (χ0) is 44.1. The maximum atomic E-state index is 14.4. The molecule has 0 radical (unpaired) electrons. The van der Waals surface area contributed by atoms with Crippen molar-refractivity contribution in [2.75, 3.05) is 51.7 Å². The van der Waals surface area contributed by atoms with Gasteiger partial charge in [0.15, 0.2) is 0 Å². The van der Waals surface area contributed by atoms with E-state index < -0.39 is 41.5 Å². The van der Waals surface area contributed by atoms with Gasteiger partial charge in [0, 0.05) is 61.3 Å². The van der Waals surface area contributed by atoms with E-state index in [0.717, 1.165) is 60.2 Å². The number of aromatic nitrogens is 1. The van der Waals surface area contributed by atoms with Crippen LogP contribution in [0.3, 0.4) is 0 Å². The van der Waals surface area contributed by atoms with Gasteiger partial charge < -0.3 is 30.1 Å². The first-order valence-corrected chi connectivity index (χ1v) is 23.7. The van der Waals surface area contributed by atoms with Crippen LogP contribution in [0.5, 0.6) is 0 Å². The minimum atomic E-state index is -2.01. The lowest BCUT2D eigenvalue weighted by Crippen LogP contribution is -2.71. The Morgan fingerprint density at radius 2 is 1.70 bits per heavy atom. The third-order valence-electron chi connectivity index (χ3n) is 14.9. The number of aromatic amines is 1. The number of nitrogens with zero attached hydrogens (tertiary/aromatic N) is 5. The number of halogens is 1. The zero-order valence-corrected chi connectivity index (χ0v) is 38.8. The average molecular weight is 919 g/mol. The van der Waals surface area contributed by atoms with Crippen LogP contribution in [-0.4, -0.2) is 124 Å². The average Bonchev–Trinajstić information content (AvgIpc) is 3.92. The van der Waals surface area contributed by atoms with Crippen LogP contribution in [-0.2, 0) is 32.0 Å². The molecule has 1 aromatic heterocycles. The maximum Gasteiger partial charge on any atom is 0.281 e. The van der Waals surface area contributed by atoms with Gasteiger partial charge in [-0.15, -0.1) is 0 Å². The highest BCUT2D eigenvalue weighted by Gasteiger charge is 2.72. The highest BCUT2D eigenvalue weighted by molar-refractivity contribution is 9.10. The van der Waals surface area contributed by atoms with Crippen molar-refractivity contribution in [2.45, 2.75) is 95.6 Å². The Bertz CT molecular complexity index is 2520. The molecule has 13 heteroatoms. The molecule has 4 aromatic rings. The molecule has 4 fully saturated rings. The van der Waals surface area contributed by atoms with Gasteiger partial charge in [-0.1, -0.05) is 88.4 Å². The molecule has 6 aliphatic heterocycles. The van der Waals surface area contributed by atoms with E-state index in [1.54, 1.807) is 18.7 Å². The van der Waals surface area contributed by atoms with E-state index in [1.807, 2.05) is 33.0 Å². The number of ether oxygens (including phenoxy) is 1. The number of benzene rings is 3. The van der Waals surface area contributed by atoms with E-state index >= 15 is 0 Å². The van der Waals surface area contributed by atoms with Crippen molar-refractivity contribution >= 4 is 55.8 Å². The number of fused-ring (bicyclic) bond motifs is 10. The summed E-state index contributed by atoms with van der Waals surface area (Å²) in [4.78, 5) is 55.9. The molecule has 7 heterocycles. The Morgan fingerprint density at radius 1 is 0.937 bits per heavy atom. The molecule has 0 saturated carbocycles. The van der Waals surface area contributed by atoms with Gasteiger partial charge in [0.05, 0.1) is 16.6 Å². The lowest BCUT2D eigenvalue weighted by atomic mass is 9.79. The van der Waals surface area contributed by atoms with Crippen LogP contribution in [0, 0.1) is 17.8 Å². The number of hydrogen-bond donors (Lipinski definition) is 3. The summed E-state index contributed by atoms with van der Waals surface area (Å²) in [6, 6.07) is 23.1. The highest BCUT2D eigenvalue weighted by Crippen LogP contribution is 2.49. The molecule has 3 N–H and O–H groups in total. The van der Waals surface area contributed by atoms with E-state index in [1.165, 1.54) is 38.2 Å². The summed E-state index contributed by atoms with van der Waals surface area (Å²) < 4.78 is 7.43. The normalized spacial score (nSPS) is 29.9. The Hall–Kier alpha value is -4.53. The van der Waals surface area contributed by atoms with Gasteiger partial charge in [-0.05, 0) is 114 Å². The van der Waals surface area contributed by atoms with Crippen LogP contribution in [0.25, 0.3) is 16.5 Å². The molecule has 0 spiro atoms. The first kappa shape index (κ1) is 42.4. The number of para-hydroxylation sites is 1. The molecule has 1 aliphatic carbocycles. The summed E-state index contributed by atoms with van der Waals surface area (Å²) >= 11 is 3.70. The van der Waals surface area contributed by atoms with Crippen LogP contribution in [0.4, 0.5) is 5.69 Å². The molecule has 63 heavy (non-hydrogen) atoms. The van der Waals surface area contributed by atoms with Crippen LogP contribution >= 0.6 is 15.9 Å². The number of amides is 3. The van der Waals surface area contributed by atoms with Gasteiger partial charge in [-0.3, -0.25) is 28.9 Å². The first-order chi connectivity index (χ1) is 30.2. The predicted octanol–water partition coefficient (Wildman–Crippen LogP) is 6.28. The molecule has 7 atom stereocenters. The SMILES string of the molecule is CC(C)C[C@H]1C(=O)N2CCC[C@H]2[C@]2(O)O[C@](NC(=O)[C@@H]3C=C4c5cccc6[nH]c(Br)c(c56)C[C@H]4N(C)C3)(C(C)C)C(=O)N12.CN1CCN2c3ccccc3Cc3ccccc3C2C1. The molecule has 7 aliphatic rings. The molecule has 3 aromatic carbocycles. The number of piperazine rings is 2. The number of rotatable bonds is 5. The van der Waals surface area contributed by atoms with Crippen LogP contribution in [0.1, 0.15) is 80.8 Å². The first-order valence-electron chi connectivity index (χ1n) is 22.9. The molecule has 1 unspecified atom stereocenters. The molecular weight excluding hydrogens is 858 g/mol. The number of likely N-dealkylation sites (N-methyl/N-ethyl adjacent to an activating group) is 2. The fourth-order valence-corrected chi connectivity index (χ4v) is 12.4. The number of carbonyl (C=O) groups is 3. The second-order valence-electron chi connectivity index (χ2n) is 19.7. The van der Waals surface area contributed by atoms with Gasteiger partial charge in [0.2, 0.25) is 17.5 Å². The fraction of sp³-hybridized carbons (Fsp3) is 0.500. The Morgan fingerprint density at radius 3 is 2.48 bits per heavy atom. The highest BCUT2D eigenvalue weighted by atomic mass is 79.9. The van der Waals surface area contributed by atoms with Crippen LogP contribution in [0.15, 0.2) is 77.4 Å². The molecule has 332 valence electrons. The lowest BCUT2D eigenvalue weighted by Gasteiger charge is -2.49. The van der Waals surface area contributed by atoms with Crippen molar-refractivity contribution in [3.8, 4) is 0 Å². The summed E-state index contributed by atoms with van der Waals surface area (Å²) in [5.74, 6) is -4.01. The quantitative estimate of drug-likeness (QED) is 0.214. The van der Waals surface area contributed by atoms with Gasteiger partial charge in [0.25, 0.3) is 11.8 Å². The van der Waals surface area contributed by atoms with E-state index in [2.05, 4.69) is 109 Å². The smallest absolute Gasteiger partial charge is 0.281 e. The third-order valence-corrected chi connectivity index (χ3v) is 15.6. The summed E-state index contributed by atoms with van der Waals surface area (Å²) in [6.07, 6.45) is 5.55. The third kappa shape index (κ3) is 6.78. The largest absolute Gasteiger partial charge is 0.362 e. The standard InChI is InChI=1S/C32H40BrN5O5.C18H20N2/c1-16(2)12-24-29(40)37-11-7-10-25(37)32(42)38(24)30(41)31(43-32,17(3)4)35-28(39)18-13-20-19-8-6-9-22-26(19)21(27(33)34-22)14-23(20)36(5)15-18;1-19-10-11-20-17-9-5-3-7-15(17)12-14-6-2-4-8-16(14)18(20)13-19/h6,8-9,13,16-18,23-25,34,42H,7,10-12,14-15H2,1-5H3,(H,35,39);2-9,18H,10-13H2,1H3/t18-,23-,24+,25+,31-,32+;/m1./s1. The van der Waals surface area contributed by atoms with E-state index in [9.17, 15) is 19.5 Å². The van der Waals surface area contributed by atoms with Crippen molar-refractivity contribution in [1.82, 2.24) is 29.9 Å². The number of H-pyrrole nitrogens is 1. The molecule has 0 bridgehead atoms. The second-order valence-corrected chi connectivity index (χ2v) is 20.5. The number of aliphatic hydroxyl groups is 1. The van der Waals surface area contributed by atoms with Crippen molar-refractivity contribution in [3.63, 3.8) is 0 Å². The van der Waals surface area contributed by atoms with Crippen molar-refractivity contribution in [1.29, 1.82) is 0 Å². The minimum Gasteiger partial charge on any atom is -0.362 e. The topological polar surface area (TPSA) is 125 Å². The van der Waals surface area contributed by atoms with Crippen molar-refractivity contribution in [2.24, 2.45) is 17.8 Å². The molecule has 11 rings (SSSR count). The molecule has 3 amide bonds. The number of anilines is 1. The fourth-order valence-electron chi connectivity index (χ4n) is 11.8. The Balaban J connectivity index is 0.000000195. The zero-order valence-electron chi connectivity index (χ0n) is 37.2. The van der Waals surface area contributed by atoms with Crippen molar-refractivity contribution in [3.05, 3.63) is 105 Å². The lowest BCUT2D eigenvalue weighted by molar-refractivity contribution is -0.322. The number of nitrogens with one attached hydrogen (secondary N) is 2. The molecule has 4 saturated heterocycles. The van der Waals surface area contributed by atoms with Gasteiger partial charge >= 0.3 is 0 Å². The van der Waals surface area contributed by atoms with E-state index in [4.69, 9.17) is 4.74 Å². The Labute approximate surface area is 378 Å². The molecule has 12 nitrogen and oxygen atoms in total. The summed E-state index contributed by atoms with van der Waals surface area (Å²) in [6.45, 7) is 12.0. The van der Waals surface area contributed by atoms with Gasteiger partial charge in [0.1, 0.15) is 12.1 Å². The second kappa shape index (κ2) is 15.9.